The Labute approximate surface area is 157 Å². The number of hydrogen-bond acceptors (Lipinski definition) is 3. The number of unbranched alkanes of at least 4 members (excludes halogenated alkanes) is 5. The molecular weight excluding hydrogens is 310 g/mol. The van der Waals surface area contributed by atoms with Crippen LogP contribution in [0.25, 0.3) is 0 Å². The Kier molecular flexibility index (Phi) is 12.8. The number of ether oxygens (including phenoxy) is 2. The quantitative estimate of drug-likeness (QED) is 0.286. The Balaban J connectivity index is 2.51. The van der Waals surface area contributed by atoms with Gasteiger partial charge in [-0.1, -0.05) is 64.7 Å². The largest absolute Gasteiger partial charge is 0.350 e. The van der Waals surface area contributed by atoms with E-state index in [2.05, 4.69) is 33.0 Å². The maximum Gasteiger partial charge on any atom is 0.169 e. The predicted molar refractivity (Wildman–Crippen MR) is 108 cm³/mol. The lowest BCUT2D eigenvalue weighted by atomic mass is 9.90. The van der Waals surface area contributed by atoms with Gasteiger partial charge in [0.1, 0.15) is 0 Å². The van der Waals surface area contributed by atoms with Crippen molar-refractivity contribution in [2.75, 3.05) is 19.8 Å². The van der Waals surface area contributed by atoms with Gasteiger partial charge in [-0.3, -0.25) is 0 Å². The summed E-state index contributed by atoms with van der Waals surface area (Å²) in [6, 6.07) is 0.702. The molecule has 0 aliphatic heterocycles. The van der Waals surface area contributed by atoms with Crippen LogP contribution in [-0.2, 0) is 9.47 Å². The average molecular weight is 356 g/mol. The van der Waals surface area contributed by atoms with Gasteiger partial charge in [0.05, 0.1) is 0 Å². The lowest BCUT2D eigenvalue weighted by Gasteiger charge is -2.38. The van der Waals surface area contributed by atoms with Crippen LogP contribution in [-0.4, -0.2) is 31.6 Å². The molecule has 0 aromatic heterocycles. The Hall–Kier alpha value is -0.120. The van der Waals surface area contributed by atoms with Crippen molar-refractivity contribution in [1.29, 1.82) is 0 Å². The van der Waals surface area contributed by atoms with Crippen LogP contribution in [0, 0.1) is 5.92 Å². The van der Waals surface area contributed by atoms with Crippen molar-refractivity contribution in [3.05, 3.63) is 0 Å². The molecule has 150 valence electrons. The first-order valence-corrected chi connectivity index (χ1v) is 11.2. The molecule has 0 amide bonds. The summed E-state index contributed by atoms with van der Waals surface area (Å²) in [5.74, 6) is -0.0188. The molecule has 0 radical (unpaired) electrons. The van der Waals surface area contributed by atoms with E-state index in [0.29, 0.717) is 25.2 Å². The van der Waals surface area contributed by atoms with Crippen molar-refractivity contribution >= 4 is 0 Å². The number of hydrogen-bond donors (Lipinski definition) is 1. The second kappa shape index (κ2) is 14.0. The van der Waals surface area contributed by atoms with Crippen LogP contribution < -0.4 is 5.32 Å². The van der Waals surface area contributed by atoms with Crippen LogP contribution >= 0.6 is 0 Å². The first-order valence-electron chi connectivity index (χ1n) is 11.2. The van der Waals surface area contributed by atoms with Gasteiger partial charge >= 0.3 is 0 Å². The van der Waals surface area contributed by atoms with Crippen LogP contribution in [0.4, 0.5) is 0 Å². The minimum Gasteiger partial charge on any atom is -0.350 e. The van der Waals surface area contributed by atoms with Crippen molar-refractivity contribution in [1.82, 2.24) is 5.32 Å². The molecule has 0 bridgehead atoms. The first-order chi connectivity index (χ1) is 12.2. The fourth-order valence-electron chi connectivity index (χ4n) is 4.19. The van der Waals surface area contributed by atoms with Gasteiger partial charge in [0, 0.05) is 31.7 Å². The topological polar surface area (TPSA) is 30.5 Å². The van der Waals surface area contributed by atoms with Crippen LogP contribution in [0.2, 0.25) is 0 Å². The summed E-state index contributed by atoms with van der Waals surface area (Å²) in [4.78, 5) is 0. The summed E-state index contributed by atoms with van der Waals surface area (Å²) >= 11 is 0. The van der Waals surface area contributed by atoms with E-state index in [4.69, 9.17) is 9.47 Å². The SMILES string of the molecule is CCCCCCCCC(CNC1CCCCC1)C(C)(OCC)OCC. The van der Waals surface area contributed by atoms with Crippen LogP contribution in [0.3, 0.4) is 0 Å². The highest BCUT2D eigenvalue weighted by molar-refractivity contribution is 4.81. The molecule has 25 heavy (non-hydrogen) atoms. The molecule has 0 aromatic rings. The normalized spacial score (nSPS) is 17.8. The summed E-state index contributed by atoms with van der Waals surface area (Å²) in [7, 11) is 0. The van der Waals surface area contributed by atoms with Gasteiger partial charge in [-0.25, -0.2) is 0 Å². The van der Waals surface area contributed by atoms with Gasteiger partial charge in [-0.05, 0) is 40.0 Å². The Bertz CT molecular complexity index is 296. The monoisotopic (exact) mass is 355 g/mol. The molecule has 3 nitrogen and oxygen atoms in total. The third-order valence-corrected chi connectivity index (χ3v) is 5.77. The van der Waals surface area contributed by atoms with Crippen LogP contribution in [0.5, 0.6) is 0 Å². The molecule has 1 saturated carbocycles. The number of nitrogens with one attached hydrogen (secondary N) is 1. The van der Waals surface area contributed by atoms with E-state index in [1.165, 1.54) is 77.0 Å². The smallest absolute Gasteiger partial charge is 0.169 e. The molecule has 1 aliphatic rings. The zero-order chi connectivity index (χ0) is 18.4. The van der Waals surface area contributed by atoms with Crippen LogP contribution in [0.15, 0.2) is 0 Å². The predicted octanol–water partition coefficient (Wildman–Crippen LogP) is 6.06. The van der Waals surface area contributed by atoms with Gasteiger partial charge in [-0.2, -0.15) is 0 Å². The highest BCUT2D eigenvalue weighted by atomic mass is 16.7. The van der Waals surface area contributed by atoms with Gasteiger partial charge in [-0.15, -0.1) is 0 Å². The Morgan fingerprint density at radius 3 is 2.08 bits per heavy atom. The van der Waals surface area contributed by atoms with Crippen molar-refractivity contribution in [2.45, 2.75) is 117 Å². The second-order valence-electron chi connectivity index (χ2n) is 7.88. The molecule has 0 saturated heterocycles. The van der Waals surface area contributed by atoms with Gasteiger partial charge in [0.25, 0.3) is 0 Å². The maximum atomic E-state index is 6.11. The molecule has 0 aromatic carbocycles. The molecule has 1 unspecified atom stereocenters. The van der Waals surface area contributed by atoms with E-state index in [-0.39, 0.29) is 0 Å². The van der Waals surface area contributed by atoms with Crippen LogP contribution in [0.1, 0.15) is 105 Å². The summed E-state index contributed by atoms with van der Waals surface area (Å²) < 4.78 is 12.2. The Morgan fingerprint density at radius 2 is 1.48 bits per heavy atom. The van der Waals surface area contributed by atoms with Crippen molar-refractivity contribution < 1.29 is 9.47 Å². The highest BCUT2D eigenvalue weighted by Crippen LogP contribution is 2.29. The highest BCUT2D eigenvalue weighted by Gasteiger charge is 2.35. The summed E-state index contributed by atoms with van der Waals surface area (Å²) in [6.45, 7) is 11.0. The molecule has 1 rings (SSSR count). The van der Waals surface area contributed by atoms with E-state index in [1.807, 2.05) is 0 Å². The molecular formula is C22H45NO2. The van der Waals surface area contributed by atoms with Gasteiger partial charge < -0.3 is 14.8 Å². The first kappa shape index (κ1) is 22.9. The molecule has 3 heteroatoms. The molecule has 0 heterocycles. The minimum absolute atomic E-state index is 0.431. The van der Waals surface area contributed by atoms with Gasteiger partial charge in [0.2, 0.25) is 0 Å². The molecule has 1 N–H and O–H groups in total. The zero-order valence-electron chi connectivity index (χ0n) is 17.6. The molecule has 1 atom stereocenters. The molecule has 0 spiro atoms. The lowest BCUT2D eigenvalue weighted by molar-refractivity contribution is -0.252. The molecule has 1 aliphatic carbocycles. The number of rotatable bonds is 15. The standard InChI is InChI=1S/C22H45NO2/c1-5-8-9-10-11-13-16-20(22(4,24-6-2)25-7-3)19-23-21-17-14-12-15-18-21/h20-21,23H,5-19H2,1-4H3. The third kappa shape index (κ3) is 9.40. The lowest BCUT2D eigenvalue weighted by Crippen LogP contribution is -2.47. The second-order valence-corrected chi connectivity index (χ2v) is 7.88. The van der Waals surface area contributed by atoms with Crippen molar-refractivity contribution in [2.24, 2.45) is 5.92 Å². The fraction of sp³-hybridized carbons (Fsp3) is 1.00. The summed E-state index contributed by atoms with van der Waals surface area (Å²) in [5, 5.41) is 3.85. The van der Waals surface area contributed by atoms with Crippen molar-refractivity contribution in [3.63, 3.8) is 0 Å². The van der Waals surface area contributed by atoms with Gasteiger partial charge in [0.15, 0.2) is 5.79 Å². The van der Waals surface area contributed by atoms with E-state index in [9.17, 15) is 0 Å². The third-order valence-electron chi connectivity index (χ3n) is 5.77. The summed E-state index contributed by atoms with van der Waals surface area (Å²) in [6.07, 6.45) is 16.1. The van der Waals surface area contributed by atoms with Crippen molar-refractivity contribution in [3.8, 4) is 0 Å². The van der Waals surface area contributed by atoms with E-state index >= 15 is 0 Å². The molecule has 1 fully saturated rings. The van der Waals surface area contributed by atoms with E-state index in [1.54, 1.807) is 0 Å². The zero-order valence-corrected chi connectivity index (χ0v) is 17.6. The average Bonchev–Trinajstić information content (AvgIpc) is 2.61. The van der Waals surface area contributed by atoms with E-state index in [0.717, 1.165) is 6.54 Å². The maximum absolute atomic E-state index is 6.11. The summed E-state index contributed by atoms with van der Waals surface area (Å²) in [5.41, 5.74) is 0. The minimum atomic E-state index is -0.450. The fourth-order valence-corrected chi connectivity index (χ4v) is 4.19. The van der Waals surface area contributed by atoms with E-state index < -0.39 is 5.79 Å². The Morgan fingerprint density at radius 1 is 0.880 bits per heavy atom.